The summed E-state index contributed by atoms with van der Waals surface area (Å²) in [5.41, 5.74) is 2.34. The van der Waals surface area contributed by atoms with E-state index in [4.69, 9.17) is 16.3 Å². The summed E-state index contributed by atoms with van der Waals surface area (Å²) in [7, 11) is 2.05. The van der Waals surface area contributed by atoms with E-state index in [9.17, 15) is 5.11 Å². The van der Waals surface area contributed by atoms with Crippen LogP contribution in [0.4, 0.5) is 0 Å². The Morgan fingerprint density at radius 3 is 2.65 bits per heavy atom. The molecule has 1 aliphatic carbocycles. The lowest BCUT2D eigenvalue weighted by Gasteiger charge is -2.37. The van der Waals surface area contributed by atoms with E-state index in [-0.39, 0.29) is 17.9 Å². The lowest BCUT2D eigenvalue weighted by atomic mass is 9.74. The molecule has 5 heteroatoms. The Labute approximate surface area is 191 Å². The maximum atomic E-state index is 10.8. The van der Waals surface area contributed by atoms with E-state index in [1.165, 1.54) is 18.4 Å². The first-order chi connectivity index (χ1) is 15.1. The molecule has 0 radical (unpaired) electrons. The molecule has 0 bridgehead atoms. The van der Waals surface area contributed by atoms with Crippen LogP contribution >= 0.6 is 11.6 Å². The molecule has 2 fully saturated rings. The summed E-state index contributed by atoms with van der Waals surface area (Å²) in [5, 5.41) is 14.9. The van der Waals surface area contributed by atoms with Gasteiger partial charge in [0.1, 0.15) is 12.4 Å². The van der Waals surface area contributed by atoms with Gasteiger partial charge in [-0.3, -0.25) is 0 Å². The maximum absolute atomic E-state index is 10.8. The topological polar surface area (TPSA) is 44.7 Å². The number of likely N-dealkylation sites (N-methyl/N-ethyl adjacent to an activating group) is 1. The zero-order valence-electron chi connectivity index (χ0n) is 18.5. The number of rotatable bonds is 8. The van der Waals surface area contributed by atoms with Gasteiger partial charge in [-0.15, -0.1) is 0 Å². The van der Waals surface area contributed by atoms with E-state index < -0.39 is 0 Å². The highest BCUT2D eigenvalue weighted by Gasteiger charge is 2.34. The molecule has 31 heavy (non-hydrogen) atoms. The minimum Gasteiger partial charge on any atom is -0.487 e. The fraction of sp³-hybridized carbons (Fsp3) is 0.538. The highest BCUT2D eigenvalue weighted by molar-refractivity contribution is 6.32. The number of hydrogen-bond donors (Lipinski definition) is 2. The van der Waals surface area contributed by atoms with Crippen LogP contribution in [0.1, 0.15) is 49.1 Å². The number of aliphatic hydroxyl groups is 1. The average Bonchev–Trinajstić information content (AvgIpc) is 3.26. The van der Waals surface area contributed by atoms with Crippen molar-refractivity contribution in [1.82, 2.24) is 10.2 Å². The Balaban J connectivity index is 1.50. The fourth-order valence-electron chi connectivity index (χ4n) is 5.21. The van der Waals surface area contributed by atoms with Gasteiger partial charge in [-0.05, 0) is 62.0 Å². The number of benzene rings is 2. The molecule has 3 unspecified atom stereocenters. The van der Waals surface area contributed by atoms with Crippen molar-refractivity contribution in [2.24, 2.45) is 5.92 Å². The third kappa shape index (κ3) is 5.81. The van der Waals surface area contributed by atoms with Crippen LogP contribution in [0.5, 0.6) is 5.75 Å². The molecule has 2 aromatic rings. The molecule has 1 saturated carbocycles. The smallest absolute Gasteiger partial charge is 0.138 e. The largest absolute Gasteiger partial charge is 0.487 e. The number of nitrogens with zero attached hydrogens (tertiary/aromatic N) is 1. The second-order valence-corrected chi connectivity index (χ2v) is 9.53. The zero-order valence-corrected chi connectivity index (χ0v) is 19.2. The average molecular weight is 443 g/mol. The summed E-state index contributed by atoms with van der Waals surface area (Å²) < 4.78 is 5.99. The van der Waals surface area contributed by atoms with Crippen LogP contribution in [0, 0.1) is 5.92 Å². The molecule has 2 N–H and O–H groups in total. The van der Waals surface area contributed by atoms with Gasteiger partial charge < -0.3 is 20.1 Å². The Kier molecular flexibility index (Phi) is 7.89. The summed E-state index contributed by atoms with van der Waals surface area (Å²) in [4.78, 5) is 2.54. The third-order valence-corrected chi connectivity index (χ3v) is 7.35. The molecule has 1 heterocycles. The van der Waals surface area contributed by atoms with Crippen LogP contribution in [0.2, 0.25) is 5.02 Å². The van der Waals surface area contributed by atoms with Crippen molar-refractivity contribution < 1.29 is 9.84 Å². The summed E-state index contributed by atoms with van der Waals surface area (Å²) in [6, 6.07) is 16.9. The second-order valence-electron chi connectivity index (χ2n) is 9.12. The highest BCUT2D eigenvalue weighted by atomic mass is 35.5. The van der Waals surface area contributed by atoms with E-state index in [2.05, 4.69) is 34.5 Å². The minimum absolute atomic E-state index is 0.228. The number of nitrogens with one attached hydrogen (secondary N) is 1. The minimum atomic E-state index is -0.228. The van der Waals surface area contributed by atoms with Gasteiger partial charge in [0.2, 0.25) is 0 Å². The predicted octanol–water partition coefficient (Wildman–Crippen LogP) is 4.85. The van der Waals surface area contributed by atoms with Crippen LogP contribution in [-0.4, -0.2) is 48.8 Å². The first-order valence-corrected chi connectivity index (χ1v) is 12.1. The number of halogens is 1. The van der Waals surface area contributed by atoms with Crippen LogP contribution in [0.25, 0.3) is 0 Å². The molecule has 0 amide bonds. The van der Waals surface area contributed by atoms with Gasteiger partial charge in [0, 0.05) is 25.0 Å². The number of likely N-dealkylation sites (tertiary alicyclic amines) is 1. The Morgan fingerprint density at radius 2 is 1.94 bits per heavy atom. The van der Waals surface area contributed by atoms with Crippen LogP contribution < -0.4 is 10.1 Å². The van der Waals surface area contributed by atoms with Crippen molar-refractivity contribution in [2.45, 2.75) is 56.8 Å². The second kappa shape index (κ2) is 10.8. The molecule has 4 rings (SSSR count). The number of ether oxygens (including phenoxy) is 1. The van der Waals surface area contributed by atoms with Gasteiger partial charge >= 0.3 is 0 Å². The van der Waals surface area contributed by atoms with E-state index >= 15 is 0 Å². The van der Waals surface area contributed by atoms with Crippen LogP contribution in [-0.2, 0) is 6.61 Å². The highest BCUT2D eigenvalue weighted by Crippen LogP contribution is 2.39. The van der Waals surface area contributed by atoms with E-state index in [1.54, 1.807) is 0 Å². The summed E-state index contributed by atoms with van der Waals surface area (Å²) in [5.74, 6) is 1.29. The van der Waals surface area contributed by atoms with Gasteiger partial charge in [0.05, 0.1) is 11.1 Å². The molecule has 4 atom stereocenters. The molecular formula is C26H35ClN2O2. The van der Waals surface area contributed by atoms with Gasteiger partial charge in [-0.25, -0.2) is 0 Å². The van der Waals surface area contributed by atoms with Gasteiger partial charge in [-0.2, -0.15) is 0 Å². The lowest BCUT2D eigenvalue weighted by Crippen LogP contribution is -2.38. The van der Waals surface area contributed by atoms with Crippen molar-refractivity contribution in [3.63, 3.8) is 0 Å². The Bertz CT molecular complexity index is 831. The zero-order chi connectivity index (χ0) is 21.6. The molecule has 1 aliphatic heterocycles. The molecule has 2 aliphatic rings. The Hall–Kier alpha value is -1.59. The third-order valence-electron chi connectivity index (χ3n) is 7.06. The molecule has 0 aromatic heterocycles. The predicted molar refractivity (Wildman–Crippen MR) is 127 cm³/mol. The van der Waals surface area contributed by atoms with Crippen LogP contribution in [0.15, 0.2) is 48.5 Å². The monoisotopic (exact) mass is 442 g/mol. The van der Waals surface area contributed by atoms with Crippen molar-refractivity contribution in [1.29, 1.82) is 0 Å². The normalized spacial score (nSPS) is 25.5. The lowest BCUT2D eigenvalue weighted by molar-refractivity contribution is 0.0475. The number of hydrogen-bond acceptors (Lipinski definition) is 4. The van der Waals surface area contributed by atoms with Crippen molar-refractivity contribution in [3.05, 3.63) is 64.7 Å². The first kappa shape index (κ1) is 22.6. The Morgan fingerprint density at radius 1 is 1.13 bits per heavy atom. The van der Waals surface area contributed by atoms with Crippen molar-refractivity contribution in [3.8, 4) is 5.75 Å². The molecule has 2 aromatic carbocycles. The van der Waals surface area contributed by atoms with Crippen molar-refractivity contribution in [2.75, 3.05) is 26.7 Å². The molecular weight excluding hydrogens is 408 g/mol. The standard InChI is InChI=1S/C26H35ClN2O2/c1-28-21-13-14-29(16-21)17-23(22-9-5-6-10-25(22)30)20-11-12-26(24(27)15-20)31-18-19-7-3-2-4-8-19/h2-4,7-8,11-12,15,21-23,25,28,30H,5-6,9-10,13-14,16-18H2,1H3/t21-,22?,23?,25?/m0/s1. The molecule has 4 nitrogen and oxygen atoms in total. The first-order valence-electron chi connectivity index (χ1n) is 11.7. The van der Waals surface area contributed by atoms with Crippen LogP contribution in [0.3, 0.4) is 0 Å². The summed E-state index contributed by atoms with van der Waals surface area (Å²) >= 11 is 6.67. The van der Waals surface area contributed by atoms with E-state index in [0.717, 1.165) is 44.5 Å². The number of aliphatic hydroxyl groups excluding tert-OH is 1. The van der Waals surface area contributed by atoms with Gasteiger partial charge in [-0.1, -0.05) is 60.8 Å². The molecule has 168 valence electrons. The fourth-order valence-corrected chi connectivity index (χ4v) is 5.45. The quantitative estimate of drug-likeness (QED) is 0.613. The van der Waals surface area contributed by atoms with Gasteiger partial charge in [0.25, 0.3) is 0 Å². The molecule has 1 saturated heterocycles. The molecule has 0 spiro atoms. The summed E-state index contributed by atoms with van der Waals surface area (Å²) in [6.45, 7) is 3.66. The maximum Gasteiger partial charge on any atom is 0.138 e. The SMILES string of the molecule is CN[C@H]1CCN(CC(c2ccc(OCc3ccccc3)c(Cl)c2)C2CCCCC2O)C1. The van der Waals surface area contributed by atoms with E-state index in [1.807, 2.05) is 31.3 Å². The van der Waals surface area contributed by atoms with Gasteiger partial charge in [0.15, 0.2) is 0 Å². The summed E-state index contributed by atoms with van der Waals surface area (Å²) in [6.07, 6.45) is 5.27. The van der Waals surface area contributed by atoms with Crippen molar-refractivity contribution >= 4 is 11.6 Å². The van der Waals surface area contributed by atoms with E-state index in [0.29, 0.717) is 23.4 Å².